The number of para-hydroxylation sites is 2. The van der Waals surface area contributed by atoms with Crippen molar-refractivity contribution < 1.29 is 0 Å². The normalized spacial score (nSPS) is 14.8. The van der Waals surface area contributed by atoms with E-state index in [-0.39, 0.29) is 0 Å². The molecule has 0 bridgehead atoms. The molecule has 0 aliphatic carbocycles. The lowest BCUT2D eigenvalue weighted by molar-refractivity contribution is 0.957. The number of H-pyrrole nitrogens is 2. The van der Waals surface area contributed by atoms with Crippen LogP contribution in [0.3, 0.4) is 0 Å². The molecule has 0 spiro atoms. The van der Waals surface area contributed by atoms with Crippen LogP contribution in [-0.2, 0) is 12.8 Å². The monoisotopic (exact) mass is 340 g/mol. The van der Waals surface area contributed by atoms with Crippen molar-refractivity contribution in [3.05, 3.63) is 71.0 Å². The number of hydrogen-bond acceptors (Lipinski definition) is 2. The number of rotatable bonds is 0. The zero-order valence-corrected chi connectivity index (χ0v) is 14.5. The van der Waals surface area contributed by atoms with Crippen molar-refractivity contribution in [3.8, 4) is 0 Å². The van der Waals surface area contributed by atoms with Crippen molar-refractivity contribution in [2.75, 3.05) is 13.1 Å². The molecule has 128 valence electrons. The van der Waals surface area contributed by atoms with E-state index in [1.807, 2.05) is 12.4 Å². The fourth-order valence-electron chi connectivity index (χ4n) is 3.87. The van der Waals surface area contributed by atoms with Crippen LogP contribution in [0.1, 0.15) is 22.5 Å². The Morgan fingerprint density at radius 1 is 0.615 bits per heavy atom. The molecule has 4 aromatic rings. The van der Waals surface area contributed by atoms with Crippen molar-refractivity contribution in [3.63, 3.8) is 0 Å². The average molecular weight is 340 g/mol. The summed E-state index contributed by atoms with van der Waals surface area (Å²) in [4.78, 5) is 15.2. The molecule has 6 rings (SSSR count). The molecule has 0 unspecified atom stereocenters. The Hall–Kier alpha value is -3.14. The number of fused-ring (bicyclic) bond motifs is 6. The minimum Gasteiger partial charge on any atom is -0.354 e. The van der Waals surface area contributed by atoms with Gasteiger partial charge >= 0.3 is 0 Å². The Morgan fingerprint density at radius 2 is 1.08 bits per heavy atom. The zero-order chi connectivity index (χ0) is 17.3. The molecule has 4 heteroatoms. The van der Waals surface area contributed by atoms with E-state index in [0.717, 1.165) is 25.9 Å². The number of aromatic nitrogens is 2. The highest BCUT2D eigenvalue weighted by molar-refractivity contribution is 5.95. The topological polar surface area (TPSA) is 56.3 Å². The fraction of sp³-hybridized carbons (Fsp3) is 0.182. The third-order valence-corrected chi connectivity index (χ3v) is 5.12. The van der Waals surface area contributed by atoms with Crippen LogP contribution >= 0.6 is 0 Å². The average Bonchev–Trinajstić information content (AvgIpc) is 3.27. The number of nitrogens with one attached hydrogen (secondary N) is 2. The van der Waals surface area contributed by atoms with Crippen molar-refractivity contribution in [2.45, 2.75) is 12.8 Å². The van der Waals surface area contributed by atoms with E-state index < -0.39 is 0 Å². The minimum atomic E-state index is 0.925. The fourth-order valence-corrected chi connectivity index (χ4v) is 3.87. The van der Waals surface area contributed by atoms with Crippen LogP contribution in [0.25, 0.3) is 21.8 Å². The zero-order valence-electron chi connectivity index (χ0n) is 14.5. The lowest BCUT2D eigenvalue weighted by Gasteiger charge is -2.03. The van der Waals surface area contributed by atoms with Crippen molar-refractivity contribution in [1.29, 1.82) is 0 Å². The number of hydrogen-bond donors (Lipinski definition) is 2. The quantitative estimate of drug-likeness (QED) is 0.480. The third-order valence-electron chi connectivity index (χ3n) is 5.12. The third kappa shape index (κ3) is 2.54. The number of nitrogens with zero attached hydrogens (tertiary/aromatic N) is 2. The maximum Gasteiger partial charge on any atom is 0.0605 e. The van der Waals surface area contributed by atoms with Gasteiger partial charge in [-0.25, -0.2) is 0 Å². The molecular weight excluding hydrogens is 320 g/mol. The van der Waals surface area contributed by atoms with E-state index in [4.69, 9.17) is 0 Å². The first-order valence-corrected chi connectivity index (χ1v) is 9.09. The predicted molar refractivity (Wildman–Crippen MR) is 109 cm³/mol. The van der Waals surface area contributed by atoms with Gasteiger partial charge in [-0.3, -0.25) is 9.98 Å². The largest absolute Gasteiger partial charge is 0.354 e. The van der Waals surface area contributed by atoms with Crippen LogP contribution < -0.4 is 0 Å². The molecule has 0 atom stereocenters. The summed E-state index contributed by atoms with van der Waals surface area (Å²) in [5, 5.41) is 2.70. The van der Waals surface area contributed by atoms with Gasteiger partial charge in [-0.15, -0.1) is 0 Å². The van der Waals surface area contributed by atoms with Crippen LogP contribution in [0.15, 0.2) is 58.5 Å². The Balaban J connectivity index is 0.000000115. The van der Waals surface area contributed by atoms with Crippen LogP contribution in [-0.4, -0.2) is 35.5 Å². The lowest BCUT2D eigenvalue weighted by Crippen LogP contribution is -2.00. The molecule has 4 heterocycles. The van der Waals surface area contributed by atoms with Crippen LogP contribution in [0.2, 0.25) is 0 Å². The first kappa shape index (κ1) is 15.1. The molecule has 2 aliphatic rings. The van der Waals surface area contributed by atoms with E-state index >= 15 is 0 Å². The molecule has 0 saturated heterocycles. The van der Waals surface area contributed by atoms with Gasteiger partial charge in [0.25, 0.3) is 0 Å². The highest BCUT2D eigenvalue weighted by Gasteiger charge is 2.12. The van der Waals surface area contributed by atoms with Crippen LogP contribution in [0, 0.1) is 0 Å². The van der Waals surface area contributed by atoms with Crippen LogP contribution in [0.5, 0.6) is 0 Å². The van der Waals surface area contributed by atoms with Gasteiger partial charge in [0, 0.05) is 47.3 Å². The molecule has 0 fully saturated rings. The first-order valence-electron chi connectivity index (χ1n) is 9.09. The van der Waals surface area contributed by atoms with Gasteiger partial charge < -0.3 is 9.97 Å². The molecule has 0 saturated carbocycles. The van der Waals surface area contributed by atoms with Crippen LogP contribution in [0.4, 0.5) is 0 Å². The second-order valence-electron chi connectivity index (χ2n) is 6.70. The molecule has 4 nitrogen and oxygen atoms in total. The molecule has 0 amide bonds. The second-order valence-corrected chi connectivity index (χ2v) is 6.70. The van der Waals surface area contributed by atoms with Gasteiger partial charge in [0.15, 0.2) is 0 Å². The van der Waals surface area contributed by atoms with Gasteiger partial charge in [-0.1, -0.05) is 36.4 Å². The number of aromatic amines is 2. The summed E-state index contributed by atoms with van der Waals surface area (Å²) in [6, 6.07) is 16.9. The molecule has 2 aliphatic heterocycles. The number of benzene rings is 2. The Morgan fingerprint density at radius 3 is 1.58 bits per heavy atom. The Bertz CT molecular complexity index is 1050. The maximum atomic E-state index is 4.26. The summed E-state index contributed by atoms with van der Waals surface area (Å²) in [5.41, 5.74) is 7.66. The van der Waals surface area contributed by atoms with Gasteiger partial charge in [0.05, 0.1) is 11.4 Å². The molecule has 2 aromatic heterocycles. The molecule has 0 radical (unpaired) electrons. The first-order chi connectivity index (χ1) is 12.9. The molecular formula is C22H20N4. The summed E-state index contributed by atoms with van der Waals surface area (Å²) in [6.07, 6.45) is 6.02. The van der Waals surface area contributed by atoms with Crippen molar-refractivity contribution in [2.24, 2.45) is 9.98 Å². The lowest BCUT2D eigenvalue weighted by atomic mass is 10.1. The standard InChI is InChI=1S/2C11H10N2/c2*1-2-4-10-8(3-1)9-5-6-12-7-11(9)13-10/h2*1-4,7,13H,5-6H2. The van der Waals surface area contributed by atoms with Gasteiger partial charge in [0.2, 0.25) is 0 Å². The molecule has 2 N–H and O–H groups in total. The molecule has 26 heavy (non-hydrogen) atoms. The van der Waals surface area contributed by atoms with E-state index in [1.165, 1.54) is 44.3 Å². The molecule has 2 aromatic carbocycles. The van der Waals surface area contributed by atoms with E-state index in [1.54, 1.807) is 0 Å². The van der Waals surface area contributed by atoms with E-state index in [2.05, 4.69) is 68.5 Å². The smallest absolute Gasteiger partial charge is 0.0605 e. The summed E-state index contributed by atoms with van der Waals surface area (Å²) >= 11 is 0. The summed E-state index contributed by atoms with van der Waals surface area (Å²) in [6.45, 7) is 1.85. The SMILES string of the molecule is C1=NCCc2c1[nH]c1ccccc21.C1=NCCc2c1[nH]c1ccccc21. The van der Waals surface area contributed by atoms with E-state index in [9.17, 15) is 0 Å². The predicted octanol–water partition coefficient (Wildman–Crippen LogP) is 4.29. The summed E-state index contributed by atoms with van der Waals surface area (Å²) in [7, 11) is 0. The Labute approximate surface area is 151 Å². The van der Waals surface area contributed by atoms with Crippen molar-refractivity contribution >= 4 is 34.2 Å². The van der Waals surface area contributed by atoms with Gasteiger partial charge in [-0.05, 0) is 36.1 Å². The van der Waals surface area contributed by atoms with Crippen molar-refractivity contribution in [1.82, 2.24) is 9.97 Å². The van der Waals surface area contributed by atoms with Gasteiger partial charge in [-0.2, -0.15) is 0 Å². The minimum absolute atomic E-state index is 0.925. The highest BCUT2D eigenvalue weighted by Crippen LogP contribution is 2.24. The van der Waals surface area contributed by atoms with Gasteiger partial charge in [0.1, 0.15) is 0 Å². The maximum absolute atomic E-state index is 4.26. The summed E-state index contributed by atoms with van der Waals surface area (Å²) in [5.74, 6) is 0. The highest BCUT2D eigenvalue weighted by atomic mass is 14.8. The second kappa shape index (κ2) is 6.30. The number of aliphatic imine (C=N–C) groups is 2. The Kier molecular flexibility index (Phi) is 3.67. The van der Waals surface area contributed by atoms with E-state index in [0.29, 0.717) is 0 Å². The summed E-state index contributed by atoms with van der Waals surface area (Å²) < 4.78 is 0.